The van der Waals surface area contributed by atoms with E-state index in [2.05, 4.69) is 16.0 Å². The minimum absolute atomic E-state index is 0.170. The number of methoxy groups -OCH3 is 1. The number of hydrogen-bond acceptors (Lipinski definition) is 8. The van der Waals surface area contributed by atoms with Gasteiger partial charge in [-0.05, 0) is 73.4 Å². The Balaban J connectivity index is 1.90. The maximum Gasteiger partial charge on any atom is 0.328 e. The highest BCUT2D eigenvalue weighted by Crippen LogP contribution is 2.16. The molecule has 2 aromatic carbocycles. The summed E-state index contributed by atoms with van der Waals surface area (Å²) in [6.07, 6.45) is 5.57. The molecular formula is C31H40N4O7. The molecule has 4 heterocycles. The van der Waals surface area contributed by atoms with E-state index in [-0.39, 0.29) is 18.7 Å². The summed E-state index contributed by atoms with van der Waals surface area (Å²) in [4.78, 5) is 51.5. The monoisotopic (exact) mass is 580 g/mol. The number of nitrogens with two attached hydrogens (primary N) is 1. The van der Waals surface area contributed by atoms with Gasteiger partial charge in [-0.2, -0.15) is 0 Å². The molecule has 0 saturated carbocycles. The third-order valence-corrected chi connectivity index (χ3v) is 6.66. The second-order valence-electron chi connectivity index (χ2n) is 9.97. The van der Waals surface area contributed by atoms with Gasteiger partial charge in [0.15, 0.2) is 0 Å². The van der Waals surface area contributed by atoms with E-state index >= 15 is 0 Å². The van der Waals surface area contributed by atoms with Crippen molar-refractivity contribution in [2.45, 2.75) is 57.2 Å². The van der Waals surface area contributed by atoms with E-state index in [1.807, 2.05) is 36.4 Å². The fourth-order valence-corrected chi connectivity index (χ4v) is 4.44. The maximum absolute atomic E-state index is 13.5. The Labute approximate surface area is 246 Å². The van der Waals surface area contributed by atoms with Gasteiger partial charge in [0.25, 0.3) is 0 Å². The zero-order valence-corrected chi connectivity index (χ0v) is 24.1. The number of hydrogen-bond donors (Lipinski definition) is 4. The first-order valence-corrected chi connectivity index (χ1v) is 14.0. The van der Waals surface area contributed by atoms with Gasteiger partial charge in [-0.1, -0.05) is 24.3 Å². The molecule has 4 aliphatic rings. The van der Waals surface area contributed by atoms with Crippen LogP contribution in [0.3, 0.4) is 0 Å². The highest BCUT2D eigenvalue weighted by atomic mass is 16.5. The SMILES string of the molecule is COC(=O)[C@@H]1Cc2ccc(cc2)OC/C=C\COc2ccc(cc2)C[C@H](NC(C)=O)C(=O)N[C@H](CCCCN)C(=O)N1. The van der Waals surface area contributed by atoms with Gasteiger partial charge in [0.2, 0.25) is 17.7 Å². The van der Waals surface area contributed by atoms with Gasteiger partial charge in [-0.25, -0.2) is 4.79 Å². The second-order valence-corrected chi connectivity index (χ2v) is 9.97. The predicted molar refractivity (Wildman–Crippen MR) is 157 cm³/mol. The van der Waals surface area contributed by atoms with Crippen molar-refractivity contribution in [2.75, 3.05) is 26.9 Å². The molecule has 0 spiro atoms. The molecule has 226 valence electrons. The summed E-state index contributed by atoms with van der Waals surface area (Å²) >= 11 is 0. The minimum Gasteiger partial charge on any atom is -0.490 e. The molecule has 3 atom stereocenters. The average Bonchev–Trinajstić information content (AvgIpc) is 2.98. The summed E-state index contributed by atoms with van der Waals surface area (Å²) in [7, 11) is 1.25. The quantitative estimate of drug-likeness (QED) is 0.228. The Kier molecular flexibility index (Phi) is 12.8. The van der Waals surface area contributed by atoms with Crippen molar-refractivity contribution < 1.29 is 33.4 Å². The van der Waals surface area contributed by atoms with Crippen LogP contribution in [0.25, 0.3) is 0 Å². The molecule has 4 aliphatic heterocycles. The lowest BCUT2D eigenvalue weighted by atomic mass is 10.0. The van der Waals surface area contributed by atoms with Crippen LogP contribution in [-0.2, 0) is 36.8 Å². The molecule has 11 heteroatoms. The molecule has 42 heavy (non-hydrogen) atoms. The lowest BCUT2D eigenvalue weighted by molar-refractivity contribution is -0.145. The van der Waals surface area contributed by atoms with Crippen molar-refractivity contribution in [3.8, 4) is 11.5 Å². The topological polar surface area (TPSA) is 158 Å². The van der Waals surface area contributed by atoms with E-state index in [4.69, 9.17) is 19.9 Å². The first-order valence-electron chi connectivity index (χ1n) is 14.0. The molecule has 3 amide bonds. The van der Waals surface area contributed by atoms with Crippen LogP contribution in [0.2, 0.25) is 0 Å². The van der Waals surface area contributed by atoms with Gasteiger partial charge in [0.05, 0.1) is 7.11 Å². The molecule has 0 saturated heterocycles. The van der Waals surface area contributed by atoms with Crippen LogP contribution < -0.4 is 31.2 Å². The van der Waals surface area contributed by atoms with Crippen LogP contribution in [-0.4, -0.2) is 68.7 Å². The smallest absolute Gasteiger partial charge is 0.328 e. The predicted octanol–water partition coefficient (Wildman–Crippen LogP) is 1.58. The van der Waals surface area contributed by atoms with Crippen LogP contribution in [0.15, 0.2) is 60.7 Å². The number of carbonyl (C=O) groups excluding carboxylic acids is 4. The Bertz CT molecular complexity index is 1210. The molecule has 0 radical (unpaired) electrons. The highest BCUT2D eigenvalue weighted by molar-refractivity contribution is 5.93. The maximum atomic E-state index is 13.5. The summed E-state index contributed by atoms with van der Waals surface area (Å²) in [6, 6.07) is 11.5. The van der Waals surface area contributed by atoms with Crippen LogP contribution in [0.5, 0.6) is 11.5 Å². The average molecular weight is 581 g/mol. The molecule has 6 rings (SSSR count). The van der Waals surface area contributed by atoms with Crippen LogP contribution in [0.4, 0.5) is 0 Å². The van der Waals surface area contributed by atoms with E-state index in [1.54, 1.807) is 24.3 Å². The minimum atomic E-state index is -0.989. The van der Waals surface area contributed by atoms with Crippen molar-refractivity contribution in [1.82, 2.24) is 16.0 Å². The van der Waals surface area contributed by atoms with Gasteiger partial charge < -0.3 is 35.9 Å². The Morgan fingerprint density at radius 2 is 1.45 bits per heavy atom. The van der Waals surface area contributed by atoms with Crippen molar-refractivity contribution in [3.05, 3.63) is 71.8 Å². The zero-order valence-electron chi connectivity index (χ0n) is 24.1. The lowest BCUT2D eigenvalue weighted by Crippen LogP contribution is -2.56. The molecule has 2 aromatic rings. The van der Waals surface area contributed by atoms with Gasteiger partial charge in [-0.3, -0.25) is 14.4 Å². The summed E-state index contributed by atoms with van der Waals surface area (Å²) in [5.41, 5.74) is 7.22. The third kappa shape index (κ3) is 10.5. The fourth-order valence-electron chi connectivity index (χ4n) is 4.44. The Hall–Kier alpha value is -4.38. The second kappa shape index (κ2) is 16.8. The summed E-state index contributed by atoms with van der Waals surface area (Å²) < 4.78 is 16.4. The molecule has 11 nitrogen and oxygen atoms in total. The number of unbranched alkanes of at least 4 members (excludes halogenated alkanes) is 1. The number of esters is 1. The van der Waals surface area contributed by atoms with Gasteiger partial charge in [-0.15, -0.1) is 0 Å². The van der Waals surface area contributed by atoms with E-state index in [9.17, 15) is 19.2 Å². The van der Waals surface area contributed by atoms with E-state index in [1.165, 1.54) is 14.0 Å². The molecule has 5 N–H and O–H groups in total. The van der Waals surface area contributed by atoms with Crippen LogP contribution in [0, 0.1) is 0 Å². The fraction of sp³-hybridized carbons (Fsp3) is 0.419. The first kappa shape index (κ1) is 32.1. The highest BCUT2D eigenvalue weighted by Gasteiger charge is 2.30. The molecular weight excluding hydrogens is 540 g/mol. The van der Waals surface area contributed by atoms with E-state index in [0.717, 1.165) is 11.1 Å². The van der Waals surface area contributed by atoms with Gasteiger partial charge >= 0.3 is 5.97 Å². The van der Waals surface area contributed by atoms with Crippen molar-refractivity contribution in [2.24, 2.45) is 5.73 Å². The van der Waals surface area contributed by atoms with Crippen molar-refractivity contribution in [1.29, 1.82) is 0 Å². The van der Waals surface area contributed by atoms with E-state index < -0.39 is 35.9 Å². The standard InChI is InChI=1S/C31H40N4O7/c1-21(36)33-27-19-22-8-12-24(13-9-22)41-17-5-6-18-42-25-14-10-23(11-15-25)20-28(31(39)40-2)35-29(37)26(34-30(27)38)7-3-4-16-32/h5-6,8-15,26-28H,3-4,7,16-20,32H2,1-2H3,(H,33,36)(H,34,38)(H,35,37)/b6-5-/t26-,27+,28+/m1/s1. The van der Waals surface area contributed by atoms with Crippen LogP contribution in [0.1, 0.15) is 37.3 Å². The van der Waals surface area contributed by atoms with Crippen LogP contribution >= 0.6 is 0 Å². The molecule has 0 aliphatic carbocycles. The number of nitrogens with one attached hydrogen (secondary N) is 3. The number of rotatable bonds is 6. The zero-order chi connectivity index (χ0) is 30.3. The molecule has 0 fully saturated rings. The van der Waals surface area contributed by atoms with Crippen molar-refractivity contribution >= 4 is 23.7 Å². The normalized spacial score (nSPS) is 20.8. The van der Waals surface area contributed by atoms with Gasteiger partial charge in [0.1, 0.15) is 42.8 Å². The Morgan fingerprint density at radius 3 is 1.98 bits per heavy atom. The Morgan fingerprint density at radius 1 is 0.881 bits per heavy atom. The number of carbonyl (C=O) groups is 4. The molecule has 0 aromatic heterocycles. The number of amides is 3. The lowest BCUT2D eigenvalue weighted by Gasteiger charge is -2.25. The third-order valence-electron chi connectivity index (χ3n) is 6.66. The summed E-state index contributed by atoms with van der Waals surface area (Å²) in [6.45, 7) is 2.45. The largest absolute Gasteiger partial charge is 0.490 e. The van der Waals surface area contributed by atoms with Gasteiger partial charge in [0, 0.05) is 19.8 Å². The summed E-state index contributed by atoms with van der Waals surface area (Å²) in [5.74, 6) is -0.766. The molecule has 0 unspecified atom stereocenters. The molecule has 4 bridgehead atoms. The number of benzene rings is 2. The number of ether oxygens (including phenoxy) is 3. The summed E-state index contributed by atoms with van der Waals surface area (Å²) in [5, 5.41) is 8.21. The van der Waals surface area contributed by atoms with E-state index in [0.29, 0.717) is 50.5 Å². The van der Waals surface area contributed by atoms with Crippen molar-refractivity contribution in [3.63, 3.8) is 0 Å². The first-order chi connectivity index (χ1) is 20.3.